The van der Waals surface area contributed by atoms with E-state index in [1.54, 1.807) is 89.6 Å². The van der Waals surface area contributed by atoms with Gasteiger partial charge in [-0.25, -0.2) is 9.18 Å². The van der Waals surface area contributed by atoms with Crippen LogP contribution in [-0.2, 0) is 16.1 Å². The Morgan fingerprint density at radius 1 is 0.909 bits per heavy atom. The standard InChI is InChI=1S/C29H26FN3O4.C2HF3O2/c30-25-9-2-1-8-24(25)20-11-13-21(14-12-20)26(19-28(34)35)32-29(36)22-6-5-7-23(18-22)37-17-16-33-15-4-3-10-27(33)31;3-2(4,5)1(6)7/h1-15,18,26,31H,16-17,19H2,(H,32,36)(H,34,35);(H,6,7). The summed E-state index contributed by atoms with van der Waals surface area (Å²) >= 11 is 0. The first-order chi connectivity index (χ1) is 20.8. The van der Waals surface area contributed by atoms with Crippen LogP contribution >= 0.6 is 0 Å². The molecular formula is C31H27F4N3O6. The minimum Gasteiger partial charge on any atom is -0.492 e. The monoisotopic (exact) mass is 613 g/mol. The van der Waals surface area contributed by atoms with Crippen molar-refractivity contribution in [3.63, 3.8) is 0 Å². The Labute approximate surface area is 248 Å². The number of aliphatic carboxylic acids is 2. The van der Waals surface area contributed by atoms with Gasteiger partial charge < -0.3 is 24.8 Å². The molecule has 1 atom stereocenters. The molecule has 0 spiro atoms. The molecule has 0 bridgehead atoms. The van der Waals surface area contributed by atoms with Crippen LogP contribution in [0.4, 0.5) is 17.6 Å². The van der Waals surface area contributed by atoms with Gasteiger partial charge in [-0.3, -0.25) is 15.0 Å². The van der Waals surface area contributed by atoms with Gasteiger partial charge in [-0.15, -0.1) is 0 Å². The molecule has 1 unspecified atom stereocenters. The third-order valence-corrected chi connectivity index (χ3v) is 6.06. The van der Waals surface area contributed by atoms with Crippen LogP contribution in [0.15, 0.2) is 97.2 Å². The number of ether oxygens (including phenoxy) is 1. The number of halogens is 4. The second-order valence-corrected chi connectivity index (χ2v) is 9.18. The van der Waals surface area contributed by atoms with E-state index in [1.807, 2.05) is 6.07 Å². The minimum absolute atomic E-state index is 0.307. The molecule has 230 valence electrons. The quantitative estimate of drug-likeness (QED) is 0.176. The first-order valence-electron chi connectivity index (χ1n) is 13.0. The zero-order valence-corrected chi connectivity index (χ0v) is 22.9. The van der Waals surface area contributed by atoms with Crippen molar-refractivity contribution >= 4 is 17.8 Å². The van der Waals surface area contributed by atoms with E-state index in [1.165, 1.54) is 6.07 Å². The Hall–Kier alpha value is -5.46. The molecule has 0 saturated carbocycles. The van der Waals surface area contributed by atoms with Crippen molar-refractivity contribution in [1.29, 1.82) is 5.41 Å². The van der Waals surface area contributed by atoms with Gasteiger partial charge in [0.2, 0.25) is 0 Å². The molecule has 1 aromatic heterocycles. The molecule has 44 heavy (non-hydrogen) atoms. The molecule has 4 rings (SSSR count). The number of hydrogen-bond donors (Lipinski definition) is 4. The lowest BCUT2D eigenvalue weighted by Crippen LogP contribution is -2.30. The van der Waals surface area contributed by atoms with Crippen molar-refractivity contribution in [1.82, 2.24) is 9.88 Å². The number of nitrogens with one attached hydrogen (secondary N) is 2. The molecule has 0 aliphatic heterocycles. The van der Waals surface area contributed by atoms with Gasteiger partial charge in [0.05, 0.1) is 19.0 Å². The maximum absolute atomic E-state index is 14.1. The Morgan fingerprint density at radius 3 is 2.18 bits per heavy atom. The molecule has 4 N–H and O–H groups in total. The van der Waals surface area contributed by atoms with Crippen LogP contribution in [0.2, 0.25) is 0 Å². The number of pyridine rings is 1. The van der Waals surface area contributed by atoms with Crippen LogP contribution in [0.5, 0.6) is 5.75 Å². The summed E-state index contributed by atoms with van der Waals surface area (Å²) in [5, 5.41) is 27.2. The molecule has 0 aliphatic rings. The number of carbonyl (C=O) groups excluding carboxylic acids is 1. The summed E-state index contributed by atoms with van der Waals surface area (Å²) in [5.41, 5.74) is 2.37. The third kappa shape index (κ3) is 9.82. The van der Waals surface area contributed by atoms with Gasteiger partial charge in [0.15, 0.2) is 0 Å². The van der Waals surface area contributed by atoms with Crippen LogP contribution in [0.1, 0.15) is 28.4 Å². The predicted octanol–water partition coefficient (Wildman–Crippen LogP) is 5.43. The van der Waals surface area contributed by atoms with Crippen molar-refractivity contribution in [3.05, 3.63) is 120 Å². The van der Waals surface area contributed by atoms with E-state index >= 15 is 0 Å². The lowest BCUT2D eigenvalue weighted by molar-refractivity contribution is -0.192. The second kappa shape index (κ2) is 15.1. The van der Waals surface area contributed by atoms with E-state index in [-0.39, 0.29) is 12.2 Å². The van der Waals surface area contributed by atoms with Gasteiger partial charge in [-0.1, -0.05) is 54.6 Å². The summed E-state index contributed by atoms with van der Waals surface area (Å²) < 4.78 is 53.4. The fourth-order valence-electron chi connectivity index (χ4n) is 3.92. The SMILES string of the molecule is N=c1ccccn1CCOc1cccc(C(=O)NC(CC(=O)O)c2ccc(-c3ccccc3F)cc2)c1.O=C(O)C(F)(F)F. The van der Waals surface area contributed by atoms with E-state index in [0.29, 0.717) is 46.6 Å². The first-order valence-corrected chi connectivity index (χ1v) is 13.0. The molecule has 0 fully saturated rings. The molecule has 4 aromatic rings. The second-order valence-electron chi connectivity index (χ2n) is 9.18. The van der Waals surface area contributed by atoms with Gasteiger partial charge in [0.25, 0.3) is 5.91 Å². The number of rotatable bonds is 10. The number of alkyl halides is 3. The normalized spacial score (nSPS) is 11.5. The smallest absolute Gasteiger partial charge is 0.490 e. The van der Waals surface area contributed by atoms with Crippen molar-refractivity contribution < 1.29 is 46.9 Å². The summed E-state index contributed by atoms with van der Waals surface area (Å²) in [6, 6.07) is 24.3. The number of carboxylic acids is 2. The van der Waals surface area contributed by atoms with Gasteiger partial charge in [0.1, 0.15) is 23.7 Å². The molecule has 0 aliphatic carbocycles. The predicted molar refractivity (Wildman–Crippen MR) is 150 cm³/mol. The molecule has 1 heterocycles. The van der Waals surface area contributed by atoms with Crippen LogP contribution in [0, 0.1) is 11.2 Å². The Morgan fingerprint density at radius 2 is 1.57 bits per heavy atom. The Bertz CT molecular complexity index is 1660. The number of hydrogen-bond acceptors (Lipinski definition) is 5. The number of nitrogens with zero attached hydrogens (tertiary/aromatic N) is 1. The highest BCUT2D eigenvalue weighted by Crippen LogP contribution is 2.26. The third-order valence-electron chi connectivity index (χ3n) is 6.06. The summed E-state index contributed by atoms with van der Waals surface area (Å²) in [4.78, 5) is 33.4. The highest BCUT2D eigenvalue weighted by atomic mass is 19.4. The van der Waals surface area contributed by atoms with Gasteiger partial charge >= 0.3 is 18.1 Å². The minimum atomic E-state index is -5.08. The Balaban J connectivity index is 0.000000676. The summed E-state index contributed by atoms with van der Waals surface area (Å²) in [6.07, 6.45) is -3.61. The van der Waals surface area contributed by atoms with Gasteiger partial charge in [0, 0.05) is 17.3 Å². The van der Waals surface area contributed by atoms with Crippen LogP contribution in [-0.4, -0.2) is 45.4 Å². The maximum atomic E-state index is 14.1. The number of carboxylic acid groups (broad SMARTS) is 2. The largest absolute Gasteiger partial charge is 0.492 e. The molecule has 0 saturated heterocycles. The van der Waals surface area contributed by atoms with Gasteiger partial charge in [-0.2, -0.15) is 13.2 Å². The van der Waals surface area contributed by atoms with Crippen LogP contribution < -0.4 is 15.5 Å². The van der Waals surface area contributed by atoms with Crippen molar-refractivity contribution in [2.75, 3.05) is 6.61 Å². The van der Waals surface area contributed by atoms with Crippen molar-refractivity contribution in [3.8, 4) is 16.9 Å². The van der Waals surface area contributed by atoms with E-state index in [9.17, 15) is 32.3 Å². The molecule has 1 amide bonds. The van der Waals surface area contributed by atoms with E-state index in [2.05, 4.69) is 5.32 Å². The molecule has 13 heteroatoms. The number of amides is 1. The van der Waals surface area contributed by atoms with E-state index in [4.69, 9.17) is 20.0 Å². The van der Waals surface area contributed by atoms with E-state index in [0.717, 1.165) is 0 Å². The molecule has 0 radical (unpaired) electrons. The zero-order chi connectivity index (χ0) is 32.3. The Kier molecular flexibility index (Phi) is 11.4. The van der Waals surface area contributed by atoms with Crippen LogP contribution in [0.25, 0.3) is 11.1 Å². The first kappa shape index (κ1) is 33.0. The summed E-state index contributed by atoms with van der Waals surface area (Å²) in [6.45, 7) is 0.779. The molecule has 3 aromatic carbocycles. The fraction of sp³-hybridized carbons (Fsp3) is 0.161. The highest BCUT2D eigenvalue weighted by Gasteiger charge is 2.38. The van der Waals surface area contributed by atoms with Crippen LogP contribution in [0.3, 0.4) is 0 Å². The molecule has 9 nitrogen and oxygen atoms in total. The summed E-state index contributed by atoms with van der Waals surface area (Å²) in [5.74, 6) is -4.13. The number of carbonyl (C=O) groups is 3. The maximum Gasteiger partial charge on any atom is 0.490 e. The van der Waals surface area contributed by atoms with E-state index < -0.39 is 30.1 Å². The molecular weight excluding hydrogens is 586 g/mol. The lowest BCUT2D eigenvalue weighted by atomic mass is 9.98. The zero-order valence-electron chi connectivity index (χ0n) is 22.9. The van der Waals surface area contributed by atoms with Crippen molar-refractivity contribution in [2.45, 2.75) is 25.2 Å². The average molecular weight is 614 g/mol. The number of benzene rings is 3. The highest BCUT2D eigenvalue weighted by molar-refractivity contribution is 5.95. The topological polar surface area (TPSA) is 142 Å². The number of aromatic nitrogens is 1. The van der Waals surface area contributed by atoms with Gasteiger partial charge in [-0.05, 0) is 47.5 Å². The van der Waals surface area contributed by atoms with Crippen molar-refractivity contribution in [2.24, 2.45) is 0 Å². The lowest BCUT2D eigenvalue weighted by Gasteiger charge is -2.18. The summed E-state index contributed by atoms with van der Waals surface area (Å²) in [7, 11) is 0. The fourth-order valence-corrected chi connectivity index (χ4v) is 3.92. The average Bonchev–Trinajstić information content (AvgIpc) is 2.98.